The van der Waals surface area contributed by atoms with Gasteiger partial charge in [-0.05, 0) is 0 Å². The number of nitrogens with one attached hydrogen (secondary N) is 1. The third-order valence-electron chi connectivity index (χ3n) is 3.00. The van der Waals surface area contributed by atoms with Crippen LogP contribution >= 0.6 is 0 Å². The molecule has 2 heterocycles. The number of sulfonamides is 1. The number of carbonyl (C=O) groups is 1. The number of carboxylic acid groups (broad SMARTS) is 1. The first-order valence-electron chi connectivity index (χ1n) is 6.72. The molecule has 0 aliphatic carbocycles. The van der Waals surface area contributed by atoms with Gasteiger partial charge in [0.2, 0.25) is 10.0 Å². The minimum absolute atomic E-state index is 0.0653. The molecule has 2 aromatic rings. The molecule has 0 aliphatic heterocycles. The molecule has 2 rings (SSSR count). The fourth-order valence-corrected chi connectivity index (χ4v) is 2.86. The summed E-state index contributed by atoms with van der Waals surface area (Å²) >= 11 is 0. The zero-order valence-corrected chi connectivity index (χ0v) is 14.0. The third kappa shape index (κ3) is 4.09. The minimum atomic E-state index is -3.79. The monoisotopic (exact) mass is 342 g/mol. The molecule has 0 unspecified atom stereocenters. The second kappa shape index (κ2) is 5.69. The highest BCUT2D eigenvalue weighted by Crippen LogP contribution is 2.23. The van der Waals surface area contributed by atoms with Crippen molar-refractivity contribution in [1.82, 2.24) is 14.9 Å². The van der Waals surface area contributed by atoms with Crippen LogP contribution in [0, 0.1) is 0 Å². The minimum Gasteiger partial charge on any atom is -0.477 e. The Morgan fingerprint density at radius 1 is 1.39 bits per heavy atom. The van der Waals surface area contributed by atoms with E-state index in [2.05, 4.69) is 15.0 Å². The average Bonchev–Trinajstić information content (AvgIpc) is 2.94. The molecule has 0 saturated carbocycles. The second-order valence-electron chi connectivity index (χ2n) is 6.14. The maximum Gasteiger partial charge on any atom is 0.354 e. The van der Waals surface area contributed by atoms with Gasteiger partial charge in [-0.25, -0.2) is 13.2 Å². The first-order chi connectivity index (χ1) is 10.5. The molecule has 23 heavy (non-hydrogen) atoms. The number of carboxylic acids is 1. The summed E-state index contributed by atoms with van der Waals surface area (Å²) in [7, 11) is -2.38. The van der Waals surface area contributed by atoms with Gasteiger partial charge < -0.3 is 9.63 Å². The van der Waals surface area contributed by atoms with E-state index in [1.54, 1.807) is 6.07 Å². The molecule has 9 nitrogen and oxygen atoms in total. The highest BCUT2D eigenvalue weighted by Gasteiger charge is 2.23. The fourth-order valence-electron chi connectivity index (χ4n) is 1.84. The van der Waals surface area contributed by atoms with Gasteiger partial charge in [0.05, 0.1) is 0 Å². The van der Waals surface area contributed by atoms with Gasteiger partial charge in [-0.1, -0.05) is 25.9 Å². The maximum atomic E-state index is 12.1. The van der Waals surface area contributed by atoms with Gasteiger partial charge in [0.25, 0.3) is 0 Å². The second-order valence-corrected chi connectivity index (χ2v) is 7.86. The number of hydrogen-bond donors (Lipinski definition) is 2. The van der Waals surface area contributed by atoms with Crippen molar-refractivity contribution in [3.05, 3.63) is 29.3 Å². The average molecular weight is 342 g/mol. The van der Waals surface area contributed by atoms with Crippen molar-refractivity contribution in [3.63, 3.8) is 0 Å². The van der Waals surface area contributed by atoms with Crippen molar-refractivity contribution >= 4 is 21.8 Å². The van der Waals surface area contributed by atoms with Gasteiger partial charge in [-0.2, -0.15) is 5.10 Å². The molecular weight excluding hydrogens is 324 g/mol. The largest absolute Gasteiger partial charge is 0.477 e. The molecule has 2 aromatic heterocycles. The van der Waals surface area contributed by atoms with Crippen molar-refractivity contribution in [2.45, 2.75) is 31.9 Å². The Hall–Kier alpha value is -2.36. The van der Waals surface area contributed by atoms with Crippen LogP contribution in [0.2, 0.25) is 0 Å². The van der Waals surface area contributed by atoms with Gasteiger partial charge in [-0.3, -0.25) is 9.40 Å². The zero-order valence-electron chi connectivity index (χ0n) is 13.2. The van der Waals surface area contributed by atoms with E-state index in [1.165, 1.54) is 7.05 Å². The van der Waals surface area contributed by atoms with Crippen molar-refractivity contribution in [3.8, 4) is 0 Å². The molecule has 2 N–H and O–H groups in total. The van der Waals surface area contributed by atoms with Crippen LogP contribution in [0.3, 0.4) is 0 Å². The highest BCUT2D eigenvalue weighted by molar-refractivity contribution is 7.91. The SMILES string of the molecule is Cn1nc(NS(=O)(=O)Cc2cc(C(C)(C)C)on2)cc1C(=O)O. The summed E-state index contributed by atoms with van der Waals surface area (Å²) in [6.45, 7) is 5.77. The number of aromatic nitrogens is 3. The Kier molecular flexibility index (Phi) is 4.20. The number of aromatic carboxylic acids is 1. The molecule has 0 atom stereocenters. The number of rotatable bonds is 5. The van der Waals surface area contributed by atoms with E-state index in [4.69, 9.17) is 9.63 Å². The summed E-state index contributed by atoms with van der Waals surface area (Å²) in [6.07, 6.45) is 0. The van der Waals surface area contributed by atoms with Crippen LogP contribution in [0.4, 0.5) is 5.82 Å². The molecule has 0 radical (unpaired) electrons. The third-order valence-corrected chi connectivity index (χ3v) is 4.19. The molecule has 0 spiro atoms. The van der Waals surface area contributed by atoms with E-state index in [-0.39, 0.29) is 22.6 Å². The van der Waals surface area contributed by atoms with Gasteiger partial charge in [0.1, 0.15) is 22.9 Å². The smallest absolute Gasteiger partial charge is 0.354 e. The van der Waals surface area contributed by atoms with Crippen molar-refractivity contribution in [1.29, 1.82) is 0 Å². The zero-order chi connectivity index (χ0) is 17.4. The Labute approximate surface area is 133 Å². The molecular formula is C13H18N4O5S. The van der Waals surface area contributed by atoms with Gasteiger partial charge in [0, 0.05) is 24.6 Å². The lowest BCUT2D eigenvalue weighted by Gasteiger charge is -2.12. The molecule has 0 fully saturated rings. The number of aryl methyl sites for hydroxylation is 1. The topological polar surface area (TPSA) is 127 Å². The van der Waals surface area contributed by atoms with Crippen LogP contribution in [-0.2, 0) is 28.2 Å². The predicted octanol–water partition coefficient (Wildman–Crippen LogP) is 1.35. The van der Waals surface area contributed by atoms with Gasteiger partial charge in [-0.15, -0.1) is 0 Å². The molecule has 0 bridgehead atoms. The summed E-state index contributed by atoms with van der Waals surface area (Å²) in [4.78, 5) is 10.9. The molecule has 126 valence electrons. The Morgan fingerprint density at radius 3 is 2.52 bits per heavy atom. The standard InChI is InChI=1S/C13H18N4O5S/c1-13(2,3)10-5-8(15-22-10)7-23(20,21)16-11-6-9(12(18)19)17(4)14-11/h5-6H,7H2,1-4H3,(H,14,16)(H,18,19). The summed E-state index contributed by atoms with van der Waals surface area (Å²) in [5.74, 6) is -1.08. The molecule has 0 aromatic carbocycles. The van der Waals surface area contributed by atoms with Crippen LogP contribution < -0.4 is 4.72 Å². The van der Waals surface area contributed by atoms with E-state index >= 15 is 0 Å². The molecule has 0 aliphatic rings. The first kappa shape index (κ1) is 17.0. The highest BCUT2D eigenvalue weighted by atomic mass is 32.2. The van der Waals surface area contributed by atoms with Crippen LogP contribution in [0.25, 0.3) is 0 Å². The first-order valence-corrected chi connectivity index (χ1v) is 8.37. The van der Waals surface area contributed by atoms with Gasteiger partial charge in [0.15, 0.2) is 5.82 Å². The van der Waals surface area contributed by atoms with Crippen LogP contribution in [0.15, 0.2) is 16.7 Å². The van der Waals surface area contributed by atoms with Gasteiger partial charge >= 0.3 is 5.97 Å². The Morgan fingerprint density at radius 2 is 2.04 bits per heavy atom. The number of nitrogens with zero attached hydrogens (tertiary/aromatic N) is 3. The summed E-state index contributed by atoms with van der Waals surface area (Å²) in [5.41, 5.74) is -0.143. The molecule has 0 amide bonds. The van der Waals surface area contributed by atoms with Crippen molar-refractivity contribution < 1.29 is 22.8 Å². The van der Waals surface area contributed by atoms with Crippen LogP contribution in [0.1, 0.15) is 42.7 Å². The predicted molar refractivity (Wildman–Crippen MR) is 81.6 cm³/mol. The van der Waals surface area contributed by atoms with Crippen molar-refractivity contribution in [2.24, 2.45) is 7.05 Å². The molecule has 10 heteroatoms. The lowest BCUT2D eigenvalue weighted by atomic mass is 9.93. The summed E-state index contributed by atoms with van der Waals surface area (Å²) in [5, 5.41) is 16.5. The number of anilines is 1. The Bertz CT molecular complexity index is 829. The summed E-state index contributed by atoms with van der Waals surface area (Å²) < 4.78 is 32.7. The van der Waals surface area contributed by atoms with Crippen LogP contribution in [0.5, 0.6) is 0 Å². The van der Waals surface area contributed by atoms with E-state index in [0.717, 1.165) is 10.7 Å². The quantitative estimate of drug-likeness (QED) is 0.839. The van der Waals surface area contributed by atoms with E-state index in [9.17, 15) is 13.2 Å². The van der Waals surface area contributed by atoms with E-state index in [0.29, 0.717) is 5.76 Å². The van der Waals surface area contributed by atoms with Crippen LogP contribution in [-0.4, -0.2) is 34.4 Å². The maximum absolute atomic E-state index is 12.1. The normalized spacial score (nSPS) is 12.3. The lowest BCUT2D eigenvalue weighted by Crippen LogP contribution is -2.16. The van der Waals surface area contributed by atoms with E-state index < -0.39 is 21.7 Å². The van der Waals surface area contributed by atoms with Crippen molar-refractivity contribution in [2.75, 3.05) is 4.72 Å². The van der Waals surface area contributed by atoms with E-state index in [1.807, 2.05) is 20.8 Å². The Balaban J connectivity index is 2.15. The fraction of sp³-hybridized carbons (Fsp3) is 0.462. The molecule has 0 saturated heterocycles. The number of hydrogen-bond acceptors (Lipinski definition) is 6. The lowest BCUT2D eigenvalue weighted by molar-refractivity contribution is 0.0685. The summed E-state index contributed by atoms with van der Waals surface area (Å²) in [6, 6.07) is 2.73.